The smallest absolute Gasteiger partial charge is 0.312 e. The van der Waals surface area contributed by atoms with Crippen molar-refractivity contribution in [2.24, 2.45) is 0 Å². The van der Waals surface area contributed by atoms with Crippen LogP contribution in [0.3, 0.4) is 0 Å². The van der Waals surface area contributed by atoms with Crippen molar-refractivity contribution in [1.29, 1.82) is 5.26 Å². The van der Waals surface area contributed by atoms with Crippen LogP contribution in [0.1, 0.15) is 22.3 Å². The molecule has 150 valence electrons. The molecule has 0 unspecified atom stereocenters. The number of nitriles is 1. The second kappa shape index (κ2) is 9.43. The number of halogens is 2. The first kappa shape index (κ1) is 20.7. The van der Waals surface area contributed by atoms with E-state index in [9.17, 15) is 18.4 Å². The maximum atomic E-state index is 13.6. The van der Waals surface area contributed by atoms with Crippen molar-refractivity contribution in [2.75, 3.05) is 6.54 Å². The van der Waals surface area contributed by atoms with Gasteiger partial charge in [0.25, 0.3) is 5.91 Å². The van der Waals surface area contributed by atoms with Gasteiger partial charge < -0.3 is 10.1 Å². The quantitative estimate of drug-likeness (QED) is 0.491. The van der Waals surface area contributed by atoms with Gasteiger partial charge in [-0.3, -0.25) is 9.59 Å². The third-order valence-corrected chi connectivity index (χ3v) is 4.22. The highest BCUT2D eigenvalue weighted by Gasteiger charge is 2.13. The molecular weight excluding hydrogens is 390 g/mol. The van der Waals surface area contributed by atoms with Gasteiger partial charge in [-0.2, -0.15) is 5.26 Å². The second-order valence-electron chi connectivity index (χ2n) is 6.32. The first-order chi connectivity index (χ1) is 14.5. The summed E-state index contributed by atoms with van der Waals surface area (Å²) in [6.45, 7) is -0.0577. The number of hydrogen-bond donors (Lipinski definition) is 1. The van der Waals surface area contributed by atoms with Crippen LogP contribution in [-0.2, 0) is 4.79 Å². The molecule has 0 heterocycles. The molecule has 0 atom stereocenters. The van der Waals surface area contributed by atoms with Gasteiger partial charge in [-0.25, -0.2) is 8.78 Å². The van der Waals surface area contributed by atoms with E-state index < -0.39 is 23.5 Å². The number of benzene rings is 3. The van der Waals surface area contributed by atoms with Crippen LogP contribution in [0.15, 0.2) is 66.7 Å². The molecule has 0 aromatic heterocycles. The second-order valence-corrected chi connectivity index (χ2v) is 6.32. The minimum absolute atomic E-state index is 0.0577. The van der Waals surface area contributed by atoms with Gasteiger partial charge in [0.15, 0.2) is 0 Å². The number of carbonyl (C=O) groups excluding carboxylic acids is 2. The van der Waals surface area contributed by atoms with Crippen molar-refractivity contribution in [3.8, 4) is 22.9 Å². The van der Waals surface area contributed by atoms with E-state index in [1.807, 2.05) is 12.1 Å². The zero-order chi connectivity index (χ0) is 21.5. The highest BCUT2D eigenvalue weighted by molar-refractivity contribution is 5.94. The Kier molecular flexibility index (Phi) is 6.50. The van der Waals surface area contributed by atoms with Gasteiger partial charge in [-0.15, -0.1) is 0 Å². The van der Waals surface area contributed by atoms with Crippen molar-refractivity contribution >= 4 is 11.9 Å². The molecule has 30 heavy (non-hydrogen) atoms. The molecule has 1 amide bonds. The van der Waals surface area contributed by atoms with Crippen molar-refractivity contribution in [2.45, 2.75) is 6.42 Å². The Balaban J connectivity index is 1.50. The summed E-state index contributed by atoms with van der Waals surface area (Å²) in [4.78, 5) is 23.8. The third-order valence-electron chi connectivity index (χ3n) is 4.22. The molecule has 0 spiro atoms. The fourth-order valence-electron chi connectivity index (χ4n) is 2.68. The average Bonchev–Trinajstić information content (AvgIpc) is 2.74. The van der Waals surface area contributed by atoms with Crippen molar-refractivity contribution in [1.82, 2.24) is 5.32 Å². The number of hydrogen-bond acceptors (Lipinski definition) is 4. The van der Waals surface area contributed by atoms with E-state index in [1.54, 1.807) is 36.4 Å². The number of esters is 1. The van der Waals surface area contributed by atoms with Crippen LogP contribution in [0, 0.1) is 23.0 Å². The minimum atomic E-state index is -0.975. The Morgan fingerprint density at radius 2 is 1.57 bits per heavy atom. The molecule has 1 N–H and O–H groups in total. The van der Waals surface area contributed by atoms with E-state index in [1.165, 1.54) is 0 Å². The van der Waals surface area contributed by atoms with Crippen molar-refractivity contribution in [3.05, 3.63) is 89.5 Å². The summed E-state index contributed by atoms with van der Waals surface area (Å²) in [5.74, 6) is -2.73. The van der Waals surface area contributed by atoms with E-state index >= 15 is 0 Å². The lowest BCUT2D eigenvalue weighted by molar-refractivity contribution is -0.134. The van der Waals surface area contributed by atoms with Crippen LogP contribution in [0.4, 0.5) is 8.78 Å². The molecule has 7 heteroatoms. The summed E-state index contributed by atoms with van der Waals surface area (Å²) in [6.07, 6.45) is -0.119. The predicted molar refractivity (Wildman–Crippen MR) is 106 cm³/mol. The molecule has 3 rings (SSSR count). The van der Waals surface area contributed by atoms with Gasteiger partial charge in [0.05, 0.1) is 23.6 Å². The topological polar surface area (TPSA) is 79.2 Å². The molecule has 3 aromatic carbocycles. The van der Waals surface area contributed by atoms with Gasteiger partial charge in [0.1, 0.15) is 17.4 Å². The summed E-state index contributed by atoms with van der Waals surface area (Å²) in [7, 11) is 0. The van der Waals surface area contributed by atoms with E-state index in [-0.39, 0.29) is 18.5 Å². The number of carbonyl (C=O) groups is 2. The van der Waals surface area contributed by atoms with Crippen LogP contribution < -0.4 is 10.1 Å². The summed E-state index contributed by atoms with van der Waals surface area (Å²) in [5.41, 5.74) is 2.08. The Hall–Kier alpha value is -4.05. The van der Waals surface area contributed by atoms with Crippen molar-refractivity contribution < 1.29 is 23.1 Å². The number of ether oxygens (including phenoxy) is 1. The van der Waals surface area contributed by atoms with Crippen LogP contribution in [0.5, 0.6) is 5.75 Å². The molecule has 0 bridgehead atoms. The van der Waals surface area contributed by atoms with E-state index in [2.05, 4.69) is 11.4 Å². The number of nitrogens with zero attached hydrogens (tertiary/aromatic N) is 1. The van der Waals surface area contributed by atoms with Crippen LogP contribution in [0.25, 0.3) is 11.1 Å². The number of amides is 1. The van der Waals surface area contributed by atoms with Crippen molar-refractivity contribution in [3.63, 3.8) is 0 Å². The maximum Gasteiger partial charge on any atom is 0.312 e. The summed E-state index contributed by atoms with van der Waals surface area (Å²) >= 11 is 0. The fraction of sp³-hybridized carbons (Fsp3) is 0.0870. The zero-order valence-electron chi connectivity index (χ0n) is 15.7. The van der Waals surface area contributed by atoms with Crippen LogP contribution in [0.2, 0.25) is 0 Å². The molecule has 0 aliphatic heterocycles. The SMILES string of the molecule is N#Cc1ccc(-c2ccc(OC(=O)CCNC(=O)c3ccc(F)cc3F)cc2)cc1. The fourth-order valence-corrected chi connectivity index (χ4v) is 2.68. The average molecular weight is 406 g/mol. The zero-order valence-corrected chi connectivity index (χ0v) is 15.7. The lowest BCUT2D eigenvalue weighted by Gasteiger charge is -2.08. The molecule has 0 saturated carbocycles. The summed E-state index contributed by atoms with van der Waals surface area (Å²) in [5, 5.41) is 11.2. The molecule has 0 saturated heterocycles. The Bertz CT molecular complexity index is 1100. The highest BCUT2D eigenvalue weighted by Crippen LogP contribution is 2.23. The first-order valence-corrected chi connectivity index (χ1v) is 9.01. The van der Waals surface area contributed by atoms with Gasteiger partial charge in [-0.1, -0.05) is 24.3 Å². The minimum Gasteiger partial charge on any atom is -0.426 e. The van der Waals surface area contributed by atoms with E-state index in [0.29, 0.717) is 17.4 Å². The molecule has 0 fully saturated rings. The van der Waals surface area contributed by atoms with Crippen LogP contribution >= 0.6 is 0 Å². The molecule has 0 radical (unpaired) electrons. The first-order valence-electron chi connectivity index (χ1n) is 9.01. The lowest BCUT2D eigenvalue weighted by Crippen LogP contribution is -2.27. The largest absolute Gasteiger partial charge is 0.426 e. The summed E-state index contributed by atoms with van der Waals surface area (Å²) < 4.78 is 31.7. The standard InChI is InChI=1S/C23H16F2N2O3/c24-18-7-10-20(21(25)13-18)23(29)27-12-11-22(28)30-19-8-5-17(6-9-19)16-3-1-15(14-26)2-4-16/h1-10,13H,11-12H2,(H,27,29). The van der Waals surface area contributed by atoms with Gasteiger partial charge in [-0.05, 0) is 47.5 Å². The molecule has 0 aliphatic rings. The van der Waals surface area contributed by atoms with E-state index in [0.717, 1.165) is 23.3 Å². The monoisotopic (exact) mass is 406 g/mol. The molecule has 5 nitrogen and oxygen atoms in total. The molecule has 3 aromatic rings. The summed E-state index contributed by atoms with van der Waals surface area (Å²) in [6, 6.07) is 18.6. The number of rotatable bonds is 6. The molecule has 0 aliphatic carbocycles. The van der Waals surface area contributed by atoms with Gasteiger partial charge in [0, 0.05) is 12.6 Å². The van der Waals surface area contributed by atoms with Gasteiger partial charge >= 0.3 is 5.97 Å². The number of nitrogens with one attached hydrogen (secondary N) is 1. The van der Waals surface area contributed by atoms with Crippen LogP contribution in [-0.4, -0.2) is 18.4 Å². The van der Waals surface area contributed by atoms with E-state index in [4.69, 9.17) is 10.00 Å². The highest BCUT2D eigenvalue weighted by atomic mass is 19.1. The normalized spacial score (nSPS) is 10.2. The Morgan fingerprint density at radius 1 is 0.933 bits per heavy atom. The lowest BCUT2D eigenvalue weighted by atomic mass is 10.0. The maximum absolute atomic E-state index is 13.6. The third kappa shape index (κ3) is 5.26. The Morgan fingerprint density at radius 3 is 2.17 bits per heavy atom. The van der Waals surface area contributed by atoms with Gasteiger partial charge in [0.2, 0.25) is 0 Å². The molecular formula is C23H16F2N2O3. The Labute approximate surface area is 171 Å². The predicted octanol–water partition coefficient (Wildman–Crippen LogP) is 4.23.